The largest absolute Gasteiger partial charge is 0.507 e. The van der Waals surface area contributed by atoms with Crippen LogP contribution in [0.3, 0.4) is 0 Å². The predicted octanol–water partition coefficient (Wildman–Crippen LogP) is 3.42. The zero-order valence-corrected chi connectivity index (χ0v) is 10.5. The SMILES string of the molecule is Oc1cc(C(F)(F)F)ccc1-c1nncc2ncccc12. The molecule has 21 heavy (non-hydrogen) atoms. The van der Waals surface area contributed by atoms with Crippen molar-refractivity contribution in [3.8, 4) is 17.0 Å². The maximum absolute atomic E-state index is 12.6. The van der Waals surface area contributed by atoms with Crippen LogP contribution in [0.1, 0.15) is 5.56 Å². The van der Waals surface area contributed by atoms with E-state index in [0.29, 0.717) is 17.0 Å². The van der Waals surface area contributed by atoms with Crippen molar-refractivity contribution in [3.63, 3.8) is 0 Å². The number of phenols is 1. The molecule has 2 heterocycles. The zero-order valence-electron chi connectivity index (χ0n) is 10.5. The van der Waals surface area contributed by atoms with Crippen LogP contribution in [0.4, 0.5) is 13.2 Å². The summed E-state index contributed by atoms with van der Waals surface area (Å²) < 4.78 is 37.8. The van der Waals surface area contributed by atoms with Crippen molar-refractivity contribution in [3.05, 3.63) is 48.3 Å². The second kappa shape index (κ2) is 4.69. The van der Waals surface area contributed by atoms with E-state index in [9.17, 15) is 18.3 Å². The second-order valence-corrected chi connectivity index (χ2v) is 4.36. The summed E-state index contributed by atoms with van der Waals surface area (Å²) in [5.74, 6) is -0.504. The van der Waals surface area contributed by atoms with E-state index >= 15 is 0 Å². The van der Waals surface area contributed by atoms with Gasteiger partial charge in [0.1, 0.15) is 11.4 Å². The van der Waals surface area contributed by atoms with Crippen molar-refractivity contribution >= 4 is 10.9 Å². The molecule has 0 spiro atoms. The van der Waals surface area contributed by atoms with E-state index in [4.69, 9.17) is 0 Å². The van der Waals surface area contributed by atoms with Gasteiger partial charge in [0.25, 0.3) is 0 Å². The topological polar surface area (TPSA) is 58.9 Å². The molecular weight excluding hydrogens is 283 g/mol. The zero-order chi connectivity index (χ0) is 15.0. The van der Waals surface area contributed by atoms with Crippen molar-refractivity contribution in [2.24, 2.45) is 0 Å². The fraction of sp³-hybridized carbons (Fsp3) is 0.0714. The Bertz CT molecular complexity index is 813. The summed E-state index contributed by atoms with van der Waals surface area (Å²) >= 11 is 0. The van der Waals surface area contributed by atoms with Crippen LogP contribution in [0.15, 0.2) is 42.7 Å². The van der Waals surface area contributed by atoms with Crippen molar-refractivity contribution < 1.29 is 18.3 Å². The predicted molar refractivity (Wildman–Crippen MR) is 69.4 cm³/mol. The number of aromatic hydroxyl groups is 1. The minimum atomic E-state index is -4.51. The van der Waals surface area contributed by atoms with Gasteiger partial charge in [-0.1, -0.05) is 0 Å². The van der Waals surface area contributed by atoms with Gasteiger partial charge in [0.15, 0.2) is 0 Å². The molecule has 1 aromatic carbocycles. The third kappa shape index (κ3) is 2.37. The molecule has 3 rings (SSSR count). The summed E-state index contributed by atoms with van der Waals surface area (Å²) in [6.45, 7) is 0. The Labute approximate surface area is 116 Å². The van der Waals surface area contributed by atoms with Gasteiger partial charge in [-0.25, -0.2) is 0 Å². The molecule has 4 nitrogen and oxygen atoms in total. The minimum absolute atomic E-state index is 0.175. The summed E-state index contributed by atoms with van der Waals surface area (Å²) in [7, 11) is 0. The summed E-state index contributed by atoms with van der Waals surface area (Å²) in [6, 6.07) is 6.13. The Balaban J connectivity index is 2.20. The average Bonchev–Trinajstić information content (AvgIpc) is 2.46. The first-order valence-corrected chi connectivity index (χ1v) is 5.94. The van der Waals surface area contributed by atoms with Gasteiger partial charge in [-0.3, -0.25) is 4.98 Å². The van der Waals surface area contributed by atoms with Crippen LogP contribution in [-0.2, 0) is 6.18 Å². The lowest BCUT2D eigenvalue weighted by molar-refractivity contribution is -0.137. The van der Waals surface area contributed by atoms with Crippen molar-refractivity contribution in [1.82, 2.24) is 15.2 Å². The Morgan fingerprint density at radius 1 is 1.10 bits per heavy atom. The van der Waals surface area contributed by atoms with Crippen LogP contribution in [-0.4, -0.2) is 20.3 Å². The maximum atomic E-state index is 12.6. The molecule has 0 saturated heterocycles. The number of hydrogen-bond acceptors (Lipinski definition) is 4. The van der Waals surface area contributed by atoms with Gasteiger partial charge < -0.3 is 5.11 Å². The molecule has 0 fully saturated rings. The fourth-order valence-corrected chi connectivity index (χ4v) is 2.02. The van der Waals surface area contributed by atoms with E-state index in [2.05, 4.69) is 15.2 Å². The molecule has 7 heteroatoms. The lowest BCUT2D eigenvalue weighted by Gasteiger charge is -2.10. The highest BCUT2D eigenvalue weighted by Gasteiger charge is 2.31. The van der Waals surface area contributed by atoms with Crippen LogP contribution in [0.5, 0.6) is 5.75 Å². The molecule has 0 atom stereocenters. The quantitative estimate of drug-likeness (QED) is 0.746. The highest BCUT2D eigenvalue weighted by atomic mass is 19.4. The standard InChI is InChI=1S/C14H8F3N3O/c15-14(16,17)8-3-4-10(12(21)6-8)13-9-2-1-5-18-11(9)7-19-20-13/h1-7,21H. The molecule has 0 aliphatic rings. The van der Waals surface area contributed by atoms with Crippen molar-refractivity contribution in [2.45, 2.75) is 6.18 Å². The molecular formula is C14H8F3N3O. The minimum Gasteiger partial charge on any atom is -0.507 e. The number of aromatic nitrogens is 3. The van der Waals surface area contributed by atoms with Crippen LogP contribution in [0, 0.1) is 0 Å². The third-order valence-corrected chi connectivity index (χ3v) is 3.01. The number of nitrogens with zero attached hydrogens (tertiary/aromatic N) is 3. The fourth-order valence-electron chi connectivity index (χ4n) is 2.02. The van der Waals surface area contributed by atoms with Gasteiger partial charge in [-0.05, 0) is 30.3 Å². The number of phenolic OH excluding ortho intramolecular Hbond substituents is 1. The molecule has 0 aliphatic heterocycles. The van der Waals surface area contributed by atoms with Crippen molar-refractivity contribution in [2.75, 3.05) is 0 Å². The summed E-state index contributed by atoms with van der Waals surface area (Å²) in [4.78, 5) is 4.09. The Morgan fingerprint density at radius 2 is 1.90 bits per heavy atom. The van der Waals surface area contributed by atoms with E-state index in [1.165, 1.54) is 12.3 Å². The summed E-state index contributed by atoms with van der Waals surface area (Å²) in [5.41, 5.74) is 0.0813. The molecule has 0 radical (unpaired) electrons. The van der Waals surface area contributed by atoms with E-state index < -0.39 is 17.5 Å². The molecule has 2 aromatic heterocycles. The number of benzene rings is 1. The number of alkyl halides is 3. The smallest absolute Gasteiger partial charge is 0.416 e. The van der Waals surface area contributed by atoms with Crippen LogP contribution >= 0.6 is 0 Å². The van der Waals surface area contributed by atoms with E-state index in [1.807, 2.05) is 0 Å². The lowest BCUT2D eigenvalue weighted by atomic mass is 10.0. The molecule has 3 aromatic rings. The normalized spacial score (nSPS) is 11.8. The van der Waals surface area contributed by atoms with Crippen LogP contribution < -0.4 is 0 Å². The number of pyridine rings is 1. The monoisotopic (exact) mass is 291 g/mol. The first-order chi connectivity index (χ1) is 9.97. The van der Waals surface area contributed by atoms with Gasteiger partial charge in [0, 0.05) is 17.1 Å². The average molecular weight is 291 g/mol. The second-order valence-electron chi connectivity index (χ2n) is 4.36. The van der Waals surface area contributed by atoms with E-state index in [1.54, 1.807) is 18.3 Å². The number of hydrogen-bond donors (Lipinski definition) is 1. The third-order valence-electron chi connectivity index (χ3n) is 3.01. The number of halogens is 3. The summed E-state index contributed by atoms with van der Waals surface area (Å²) in [6.07, 6.45) is -1.50. The van der Waals surface area contributed by atoms with Gasteiger partial charge in [-0.2, -0.15) is 18.3 Å². The van der Waals surface area contributed by atoms with E-state index in [-0.39, 0.29) is 11.3 Å². The Hall–Kier alpha value is -2.70. The van der Waals surface area contributed by atoms with Gasteiger partial charge >= 0.3 is 6.18 Å². The van der Waals surface area contributed by atoms with Crippen molar-refractivity contribution in [1.29, 1.82) is 0 Å². The maximum Gasteiger partial charge on any atom is 0.416 e. The molecule has 106 valence electrons. The molecule has 0 bridgehead atoms. The number of rotatable bonds is 1. The van der Waals surface area contributed by atoms with Gasteiger partial charge in [0.05, 0.1) is 17.3 Å². The Kier molecular flexibility index (Phi) is 2.97. The highest BCUT2D eigenvalue weighted by Crippen LogP contribution is 2.37. The molecule has 0 amide bonds. The summed E-state index contributed by atoms with van der Waals surface area (Å²) in [5, 5.41) is 18.1. The van der Waals surface area contributed by atoms with Crippen LogP contribution in [0.2, 0.25) is 0 Å². The van der Waals surface area contributed by atoms with Crippen LogP contribution in [0.25, 0.3) is 22.2 Å². The molecule has 0 aliphatic carbocycles. The first-order valence-electron chi connectivity index (χ1n) is 5.94. The first kappa shape index (κ1) is 13.3. The van der Waals surface area contributed by atoms with Gasteiger partial charge in [0.2, 0.25) is 0 Å². The highest BCUT2D eigenvalue weighted by molar-refractivity contribution is 5.92. The van der Waals surface area contributed by atoms with E-state index in [0.717, 1.165) is 6.07 Å². The van der Waals surface area contributed by atoms with Gasteiger partial charge in [-0.15, -0.1) is 5.10 Å². The number of fused-ring (bicyclic) bond motifs is 1. The lowest BCUT2D eigenvalue weighted by Crippen LogP contribution is -2.04. The Morgan fingerprint density at radius 3 is 2.62 bits per heavy atom. The molecule has 0 saturated carbocycles. The molecule has 1 N–H and O–H groups in total. The molecule has 0 unspecified atom stereocenters.